The summed E-state index contributed by atoms with van der Waals surface area (Å²) < 4.78 is 32.1. The van der Waals surface area contributed by atoms with Gasteiger partial charge in [0, 0.05) is 60.4 Å². The van der Waals surface area contributed by atoms with Gasteiger partial charge in [0.2, 0.25) is 0 Å². The maximum Gasteiger partial charge on any atom is 0.191 e. The second-order valence-electron chi connectivity index (χ2n) is 10.2. The van der Waals surface area contributed by atoms with E-state index in [1.165, 1.54) is 17.0 Å². The van der Waals surface area contributed by atoms with Crippen LogP contribution in [-0.2, 0) is 20.3 Å². The fourth-order valence-electron chi connectivity index (χ4n) is 5.92. The molecule has 190 valence electrons. The highest BCUT2D eigenvalue weighted by molar-refractivity contribution is 7.92. The van der Waals surface area contributed by atoms with E-state index in [2.05, 4.69) is 39.7 Å². The van der Waals surface area contributed by atoms with E-state index in [1.807, 2.05) is 24.4 Å². The number of nitrogens with one attached hydrogen (secondary N) is 1. The molecule has 0 amide bonds. The van der Waals surface area contributed by atoms with Crippen molar-refractivity contribution in [2.45, 2.75) is 54.9 Å². The normalized spacial score (nSPS) is 22.6. The van der Waals surface area contributed by atoms with Crippen LogP contribution in [0.5, 0.6) is 0 Å². The summed E-state index contributed by atoms with van der Waals surface area (Å²) in [5, 5.41) is 3.91. The van der Waals surface area contributed by atoms with E-state index in [9.17, 15) is 8.42 Å². The number of ether oxygens (including phenoxy) is 1. The third-order valence-corrected chi connectivity index (χ3v) is 10.6. The lowest BCUT2D eigenvalue weighted by molar-refractivity contribution is -0.0826. The minimum atomic E-state index is -3.36. The molecule has 2 fully saturated rings. The van der Waals surface area contributed by atoms with Crippen LogP contribution in [-0.4, -0.2) is 67.7 Å². The molecule has 0 radical (unpaired) electrons. The van der Waals surface area contributed by atoms with E-state index in [-0.39, 0.29) is 18.0 Å². The number of pyridine rings is 1. The van der Waals surface area contributed by atoms with Gasteiger partial charge in [0.05, 0.1) is 18.0 Å². The van der Waals surface area contributed by atoms with Crippen molar-refractivity contribution in [2.75, 3.05) is 31.1 Å². The first-order valence-corrected chi connectivity index (χ1v) is 15.2. The van der Waals surface area contributed by atoms with Crippen LogP contribution in [0.15, 0.2) is 52.2 Å². The highest BCUT2D eigenvalue weighted by Gasteiger charge is 2.31. The number of piperidine rings is 1. The molecule has 1 aromatic carbocycles. The van der Waals surface area contributed by atoms with Crippen LogP contribution >= 0.6 is 11.3 Å². The summed E-state index contributed by atoms with van der Waals surface area (Å²) in [4.78, 5) is 13.1. The number of rotatable bonds is 5. The Morgan fingerprint density at radius 2 is 1.89 bits per heavy atom. The molecule has 9 heteroatoms. The van der Waals surface area contributed by atoms with Gasteiger partial charge in [-0.15, -0.1) is 11.3 Å². The van der Waals surface area contributed by atoms with Gasteiger partial charge in [0.25, 0.3) is 0 Å². The molecule has 5 heterocycles. The second-order valence-corrected chi connectivity index (χ2v) is 13.3. The summed E-state index contributed by atoms with van der Waals surface area (Å²) >= 11 is 1.27. The Bertz CT molecular complexity index is 1460. The average Bonchev–Trinajstić information content (AvgIpc) is 3.52. The number of nitrogens with zero attached hydrogens (tertiary/aromatic N) is 3. The van der Waals surface area contributed by atoms with Crippen LogP contribution in [0.3, 0.4) is 0 Å². The maximum atomic E-state index is 12.9. The lowest BCUT2D eigenvalue weighted by Crippen LogP contribution is -2.53. The van der Waals surface area contributed by atoms with Gasteiger partial charge in [0.15, 0.2) is 9.84 Å². The van der Waals surface area contributed by atoms with Gasteiger partial charge in [0.1, 0.15) is 9.86 Å². The summed E-state index contributed by atoms with van der Waals surface area (Å²) in [6.07, 6.45) is 4.68. The highest BCUT2D eigenvalue weighted by atomic mass is 32.2. The summed E-state index contributed by atoms with van der Waals surface area (Å²) in [6.45, 7) is 8.33. The molecule has 0 unspecified atom stereocenters. The van der Waals surface area contributed by atoms with Crippen molar-refractivity contribution in [3.05, 3.63) is 53.5 Å². The van der Waals surface area contributed by atoms with Gasteiger partial charge in [-0.1, -0.05) is 12.1 Å². The number of aromatic nitrogens is 2. The van der Waals surface area contributed by atoms with Crippen molar-refractivity contribution in [3.8, 4) is 0 Å². The highest BCUT2D eigenvalue weighted by Crippen LogP contribution is 2.35. The van der Waals surface area contributed by atoms with Gasteiger partial charge in [-0.2, -0.15) is 0 Å². The third-order valence-electron chi connectivity index (χ3n) is 7.46. The monoisotopic (exact) mass is 524 g/mol. The first kappa shape index (κ1) is 23.9. The molecule has 0 saturated carbocycles. The van der Waals surface area contributed by atoms with Gasteiger partial charge in [-0.3, -0.25) is 4.90 Å². The molecule has 0 aliphatic carbocycles. The van der Waals surface area contributed by atoms with Gasteiger partial charge >= 0.3 is 0 Å². The number of morpholine rings is 1. The molecule has 2 atom stereocenters. The number of H-pyrrole nitrogens is 1. The molecule has 2 aliphatic rings. The Balaban J connectivity index is 1.27. The van der Waals surface area contributed by atoms with Crippen molar-refractivity contribution in [1.29, 1.82) is 0 Å². The molecule has 7 nitrogen and oxygen atoms in total. The minimum Gasteiger partial charge on any atom is -0.373 e. The number of benzene rings is 1. The molecule has 1 N–H and O–H groups in total. The van der Waals surface area contributed by atoms with Crippen LogP contribution in [0, 0.1) is 0 Å². The van der Waals surface area contributed by atoms with Crippen molar-refractivity contribution in [2.24, 2.45) is 0 Å². The Morgan fingerprint density at radius 3 is 2.61 bits per heavy atom. The molecule has 2 aliphatic heterocycles. The Labute approximate surface area is 216 Å². The molecule has 6 rings (SSSR count). The van der Waals surface area contributed by atoms with Crippen LogP contribution < -0.4 is 4.90 Å². The Kier molecular flexibility index (Phi) is 6.27. The smallest absolute Gasteiger partial charge is 0.191 e. The number of hydrogen-bond acceptors (Lipinski definition) is 7. The van der Waals surface area contributed by atoms with Gasteiger partial charge in [-0.25, -0.2) is 13.4 Å². The van der Waals surface area contributed by atoms with Crippen LogP contribution in [0.1, 0.15) is 32.3 Å². The van der Waals surface area contributed by atoms with Crippen molar-refractivity contribution in [3.63, 3.8) is 0 Å². The predicted molar refractivity (Wildman–Crippen MR) is 146 cm³/mol. The van der Waals surface area contributed by atoms with Crippen LogP contribution in [0.4, 0.5) is 5.69 Å². The maximum absolute atomic E-state index is 12.9. The fourth-order valence-corrected chi connectivity index (χ4v) is 8.34. The zero-order chi connectivity index (χ0) is 24.9. The summed E-state index contributed by atoms with van der Waals surface area (Å²) in [5.74, 6) is -0.00644. The Hall–Kier alpha value is -2.46. The zero-order valence-corrected chi connectivity index (χ0v) is 22.3. The number of aromatic amines is 1. The number of hydrogen-bond donors (Lipinski definition) is 1. The number of sulfone groups is 1. The van der Waals surface area contributed by atoms with E-state index < -0.39 is 9.84 Å². The number of fused-ring (bicyclic) bond motifs is 3. The molecule has 36 heavy (non-hydrogen) atoms. The molecule has 4 aromatic rings. The van der Waals surface area contributed by atoms with Crippen molar-refractivity contribution >= 4 is 48.8 Å². The van der Waals surface area contributed by atoms with Gasteiger partial charge < -0.3 is 14.6 Å². The third kappa shape index (κ3) is 4.53. The lowest BCUT2D eigenvalue weighted by atomic mass is 10.00. The topological polar surface area (TPSA) is 78.5 Å². The zero-order valence-electron chi connectivity index (χ0n) is 20.7. The minimum absolute atomic E-state index is 0.00644. The largest absolute Gasteiger partial charge is 0.373 e. The summed E-state index contributed by atoms with van der Waals surface area (Å²) in [7, 11) is -3.36. The van der Waals surface area contributed by atoms with Crippen LogP contribution in [0.25, 0.3) is 21.9 Å². The van der Waals surface area contributed by atoms with Crippen molar-refractivity contribution in [1.82, 2.24) is 14.9 Å². The lowest BCUT2D eigenvalue weighted by Gasteiger charge is -2.44. The molecule has 0 spiro atoms. The fraction of sp³-hybridized carbons (Fsp3) is 0.444. The average molecular weight is 525 g/mol. The molecule has 3 aromatic heterocycles. The predicted octanol–water partition coefficient (Wildman–Crippen LogP) is 4.83. The first-order chi connectivity index (χ1) is 17.4. The molecule has 2 saturated heterocycles. The second kappa shape index (κ2) is 9.45. The molecular formula is C27H32N4O3S2. The van der Waals surface area contributed by atoms with E-state index in [1.54, 1.807) is 17.5 Å². The molecule has 0 bridgehead atoms. The summed E-state index contributed by atoms with van der Waals surface area (Å²) in [6, 6.07) is 12.0. The Morgan fingerprint density at radius 1 is 1.11 bits per heavy atom. The summed E-state index contributed by atoms with van der Waals surface area (Å²) in [5.41, 5.74) is 3.79. The number of anilines is 1. The van der Waals surface area contributed by atoms with Crippen LogP contribution in [0.2, 0.25) is 0 Å². The standard InChI is InChI=1S/C27H32N4O3S2/c1-18-15-31(16-19(2)34-18)21-8-11-30(12-9-21)24-7-10-28-27-26(24)22-14-20(5-6-23(22)29-27)17-36(32,33)25-4-3-13-35-25/h3-7,10,13-14,18-19,21H,8-9,11-12,15-17H2,1-2H3,(H,28,29)/t18-,19+. The first-order valence-electron chi connectivity index (χ1n) is 12.7. The molecular weight excluding hydrogens is 492 g/mol. The van der Waals surface area contributed by atoms with Gasteiger partial charge in [-0.05, 0) is 61.9 Å². The quantitative estimate of drug-likeness (QED) is 0.403. The van der Waals surface area contributed by atoms with E-state index in [0.717, 1.165) is 66.5 Å². The van der Waals surface area contributed by atoms with E-state index in [0.29, 0.717) is 10.3 Å². The van der Waals surface area contributed by atoms with E-state index in [4.69, 9.17) is 4.74 Å². The SMILES string of the molecule is C[C@@H]1CN(C2CCN(c3ccnc4[nH]c5ccc(CS(=O)(=O)c6cccs6)cc5c34)CC2)C[C@H](C)O1. The van der Waals surface area contributed by atoms with E-state index >= 15 is 0 Å². The number of thiophene rings is 1. The van der Waals surface area contributed by atoms with Crippen molar-refractivity contribution < 1.29 is 13.2 Å².